The first kappa shape index (κ1) is 32.7. The van der Waals surface area contributed by atoms with Crippen molar-refractivity contribution in [1.29, 1.82) is 0 Å². The Labute approximate surface area is 254 Å². The molecule has 3 aromatic carbocycles. The number of aliphatic carboxylic acids is 1. The van der Waals surface area contributed by atoms with Crippen LogP contribution in [0.1, 0.15) is 31.2 Å². The van der Waals surface area contributed by atoms with Gasteiger partial charge in [0, 0.05) is 24.2 Å². The maximum absolute atomic E-state index is 12.6. The fourth-order valence-corrected chi connectivity index (χ4v) is 5.93. The summed E-state index contributed by atoms with van der Waals surface area (Å²) >= 11 is 0. The lowest BCUT2D eigenvalue weighted by Crippen LogP contribution is -2.32. The number of carboxylic acid groups (broad SMARTS) is 1. The first-order chi connectivity index (χ1) is 20.9. The Morgan fingerprint density at radius 3 is 2.05 bits per heavy atom. The van der Waals surface area contributed by atoms with Crippen molar-refractivity contribution < 1.29 is 31.5 Å². The summed E-state index contributed by atoms with van der Waals surface area (Å²) < 4.78 is 59.8. The number of anilines is 3. The molecule has 1 aromatic heterocycles. The van der Waals surface area contributed by atoms with Crippen molar-refractivity contribution in [3.8, 4) is 0 Å². The number of rotatable bonds is 9. The van der Waals surface area contributed by atoms with Gasteiger partial charge in [-0.3, -0.25) is 0 Å². The van der Waals surface area contributed by atoms with Gasteiger partial charge in [0.15, 0.2) is 0 Å². The number of aromatic nitrogens is 2. The number of sulfonamides is 1. The van der Waals surface area contributed by atoms with Crippen LogP contribution in [-0.4, -0.2) is 48.7 Å². The van der Waals surface area contributed by atoms with Gasteiger partial charge < -0.3 is 15.7 Å². The van der Waals surface area contributed by atoms with Gasteiger partial charge in [0.05, 0.1) is 10.4 Å². The Balaban J connectivity index is 0.000000566. The predicted octanol–water partition coefficient (Wildman–Crippen LogP) is 6.51. The molecule has 1 aliphatic carbocycles. The number of alkyl halides is 3. The predicted molar refractivity (Wildman–Crippen MR) is 163 cm³/mol. The zero-order chi connectivity index (χ0) is 31.7. The van der Waals surface area contributed by atoms with Gasteiger partial charge in [-0.25, -0.2) is 22.9 Å². The number of fused-ring (bicyclic) bond motifs is 1. The molecule has 44 heavy (non-hydrogen) atoms. The molecule has 0 aliphatic heterocycles. The molecule has 4 N–H and O–H groups in total. The Morgan fingerprint density at radius 2 is 1.43 bits per heavy atom. The average molecular weight is 630 g/mol. The number of carbonyl (C=O) groups is 1. The standard InChI is InChI=1S/C29H33N5O2S.C2HF3O2/c1-21-11-17-25(18-12-21)37(35,36)31-20-23-15-13-22(14-16-23)19-30-29-33-27-10-6-5-9-26(27)28(34-29)32-24-7-3-2-4-8-24;3-2(4,5)1(6)7/h2-12,17-18,22-23,31H,13-16,19-20H2,1H3,(H2,30,32,33,34);(H,6,7). The largest absolute Gasteiger partial charge is 0.490 e. The van der Waals surface area contributed by atoms with Crippen molar-refractivity contribution in [1.82, 2.24) is 14.7 Å². The molecule has 0 amide bonds. The quantitative estimate of drug-likeness (QED) is 0.165. The van der Waals surface area contributed by atoms with Crippen molar-refractivity contribution in [3.63, 3.8) is 0 Å². The number of nitrogens with one attached hydrogen (secondary N) is 3. The van der Waals surface area contributed by atoms with Gasteiger partial charge in [-0.1, -0.05) is 48.0 Å². The molecule has 0 spiro atoms. The van der Waals surface area contributed by atoms with E-state index in [-0.39, 0.29) is 0 Å². The Morgan fingerprint density at radius 1 is 0.864 bits per heavy atom. The Kier molecular flexibility index (Phi) is 10.8. The van der Waals surface area contributed by atoms with Crippen LogP contribution in [0.4, 0.5) is 30.6 Å². The maximum atomic E-state index is 12.6. The summed E-state index contributed by atoms with van der Waals surface area (Å²) in [5.74, 6) is -0.498. The molecule has 1 aliphatic rings. The van der Waals surface area contributed by atoms with Crippen molar-refractivity contribution in [3.05, 3.63) is 84.4 Å². The second-order valence-electron chi connectivity index (χ2n) is 10.6. The number of benzene rings is 3. The topological polar surface area (TPSA) is 133 Å². The van der Waals surface area contributed by atoms with Crippen LogP contribution in [0.3, 0.4) is 0 Å². The zero-order valence-electron chi connectivity index (χ0n) is 24.0. The van der Waals surface area contributed by atoms with Gasteiger partial charge in [-0.05, 0) is 80.8 Å². The number of nitrogens with zero attached hydrogens (tertiary/aromatic N) is 2. The summed E-state index contributed by atoms with van der Waals surface area (Å²) in [6.07, 6.45) is -0.983. The highest BCUT2D eigenvalue weighted by molar-refractivity contribution is 7.89. The van der Waals surface area contributed by atoms with Crippen LogP contribution in [0.2, 0.25) is 0 Å². The third kappa shape index (κ3) is 9.38. The van der Waals surface area contributed by atoms with Gasteiger partial charge in [-0.2, -0.15) is 18.2 Å². The van der Waals surface area contributed by atoms with E-state index in [1.54, 1.807) is 12.1 Å². The SMILES string of the molecule is Cc1ccc(S(=O)(=O)NCC2CCC(CNc3nc(Nc4ccccc4)c4ccccc4n3)CC2)cc1.O=C(O)C(F)(F)F. The molecule has 13 heteroatoms. The van der Waals surface area contributed by atoms with Crippen molar-refractivity contribution >= 4 is 44.3 Å². The van der Waals surface area contributed by atoms with Gasteiger partial charge in [0.25, 0.3) is 0 Å². The van der Waals surface area contributed by atoms with E-state index < -0.39 is 22.2 Å². The molecule has 1 heterocycles. The van der Waals surface area contributed by atoms with Crippen molar-refractivity contribution in [2.24, 2.45) is 11.8 Å². The second-order valence-corrected chi connectivity index (χ2v) is 12.4. The van der Waals surface area contributed by atoms with Crippen LogP contribution >= 0.6 is 0 Å². The van der Waals surface area contributed by atoms with Crippen molar-refractivity contribution in [2.45, 2.75) is 43.7 Å². The van der Waals surface area contributed by atoms with Crippen LogP contribution in [0.15, 0.2) is 83.8 Å². The molecule has 9 nitrogen and oxygen atoms in total. The number of halogens is 3. The van der Waals surface area contributed by atoms with E-state index in [2.05, 4.69) is 15.4 Å². The number of para-hydroxylation sites is 2. The van der Waals surface area contributed by atoms with Crippen LogP contribution in [0, 0.1) is 18.8 Å². The molecule has 0 unspecified atom stereocenters. The van der Waals surface area contributed by atoms with Gasteiger partial charge in [0.1, 0.15) is 5.82 Å². The highest BCUT2D eigenvalue weighted by Crippen LogP contribution is 2.30. The third-order valence-electron chi connectivity index (χ3n) is 7.29. The molecule has 5 rings (SSSR count). The molecule has 0 bridgehead atoms. The highest BCUT2D eigenvalue weighted by atomic mass is 32.2. The van der Waals surface area contributed by atoms with E-state index in [0.717, 1.165) is 60.2 Å². The van der Waals surface area contributed by atoms with E-state index in [1.165, 1.54) is 0 Å². The third-order valence-corrected chi connectivity index (χ3v) is 8.73. The van der Waals surface area contributed by atoms with E-state index >= 15 is 0 Å². The van der Waals surface area contributed by atoms with Crippen molar-refractivity contribution in [2.75, 3.05) is 23.7 Å². The van der Waals surface area contributed by atoms with E-state index in [1.807, 2.05) is 73.7 Å². The Bertz CT molecular complexity index is 1640. The monoisotopic (exact) mass is 629 g/mol. The summed E-state index contributed by atoms with van der Waals surface area (Å²) in [6, 6.07) is 25.0. The molecule has 0 saturated heterocycles. The Hall–Kier alpha value is -4.23. The lowest BCUT2D eigenvalue weighted by atomic mass is 9.82. The van der Waals surface area contributed by atoms with Gasteiger partial charge >= 0.3 is 12.1 Å². The molecule has 1 saturated carbocycles. The highest BCUT2D eigenvalue weighted by Gasteiger charge is 2.38. The zero-order valence-corrected chi connectivity index (χ0v) is 24.8. The summed E-state index contributed by atoms with van der Waals surface area (Å²) in [5, 5.41) is 15.0. The number of aryl methyl sites for hydroxylation is 1. The normalized spacial score (nSPS) is 16.9. The van der Waals surface area contributed by atoms with E-state index in [4.69, 9.17) is 19.9 Å². The summed E-state index contributed by atoms with van der Waals surface area (Å²) in [7, 11) is -3.47. The lowest BCUT2D eigenvalue weighted by Gasteiger charge is -2.28. The minimum Gasteiger partial charge on any atom is -0.475 e. The molecule has 0 atom stereocenters. The lowest BCUT2D eigenvalue weighted by molar-refractivity contribution is -0.192. The summed E-state index contributed by atoms with van der Waals surface area (Å²) in [5.41, 5.74) is 2.92. The maximum Gasteiger partial charge on any atom is 0.490 e. The molecular weight excluding hydrogens is 595 g/mol. The number of carboxylic acids is 1. The smallest absolute Gasteiger partial charge is 0.475 e. The summed E-state index contributed by atoms with van der Waals surface area (Å²) in [6.45, 7) is 3.23. The molecular formula is C31H34F3N5O4S. The second kappa shape index (κ2) is 14.5. The molecule has 1 fully saturated rings. The molecule has 0 radical (unpaired) electrons. The van der Waals surface area contributed by atoms with E-state index in [9.17, 15) is 21.6 Å². The number of hydrogen-bond acceptors (Lipinski definition) is 7. The first-order valence-electron chi connectivity index (χ1n) is 14.1. The van der Waals surface area contributed by atoms with Gasteiger partial charge in [0.2, 0.25) is 16.0 Å². The first-order valence-corrected chi connectivity index (χ1v) is 15.6. The molecule has 234 valence electrons. The van der Waals surface area contributed by atoms with Gasteiger partial charge in [-0.15, -0.1) is 0 Å². The number of hydrogen-bond donors (Lipinski definition) is 4. The minimum absolute atomic E-state index is 0.326. The fourth-order valence-electron chi connectivity index (χ4n) is 4.81. The molecule has 4 aromatic rings. The van der Waals surface area contributed by atoms with Crippen LogP contribution < -0.4 is 15.4 Å². The van der Waals surface area contributed by atoms with Crippen LogP contribution in [-0.2, 0) is 14.8 Å². The fraction of sp³-hybridized carbons (Fsp3) is 0.323. The summed E-state index contributed by atoms with van der Waals surface area (Å²) in [4.78, 5) is 18.7. The van der Waals surface area contributed by atoms with E-state index in [0.29, 0.717) is 29.2 Å². The average Bonchev–Trinajstić information content (AvgIpc) is 3.00. The minimum atomic E-state index is -5.08. The van der Waals surface area contributed by atoms with Crippen LogP contribution in [0.25, 0.3) is 10.9 Å². The van der Waals surface area contributed by atoms with Crippen LogP contribution in [0.5, 0.6) is 0 Å².